The lowest BCUT2D eigenvalue weighted by Gasteiger charge is -2.47. The van der Waals surface area contributed by atoms with Gasteiger partial charge in [-0.2, -0.15) is 0 Å². The maximum atomic E-state index is 13.1. The van der Waals surface area contributed by atoms with Crippen LogP contribution >= 0.6 is 0 Å². The second kappa shape index (κ2) is 7.01. The molecule has 27 heavy (non-hydrogen) atoms. The van der Waals surface area contributed by atoms with Crippen LogP contribution in [0.25, 0.3) is 0 Å². The molecule has 3 bridgehead atoms. The van der Waals surface area contributed by atoms with Crippen LogP contribution < -0.4 is 5.73 Å². The maximum Gasteiger partial charge on any atom is 0.236 e. The molecule has 0 aromatic rings. The SMILES string of the molecule is CN1[C@@H]2CN(C(=O)CN3CCC(C(N)=O)CC3)C[C@@H]3CC[C@H]1[C@](C)(C2)[C@@H]3O. The summed E-state index contributed by atoms with van der Waals surface area (Å²) >= 11 is 0. The van der Waals surface area contributed by atoms with E-state index in [1.54, 1.807) is 0 Å². The van der Waals surface area contributed by atoms with Crippen LogP contribution in [0.2, 0.25) is 0 Å². The first-order valence-electron chi connectivity index (χ1n) is 10.5. The van der Waals surface area contributed by atoms with E-state index in [0.29, 0.717) is 25.2 Å². The van der Waals surface area contributed by atoms with Crippen LogP contribution in [0.4, 0.5) is 0 Å². The van der Waals surface area contributed by atoms with Gasteiger partial charge in [-0.15, -0.1) is 0 Å². The third kappa shape index (κ3) is 3.28. The van der Waals surface area contributed by atoms with Crippen LogP contribution in [-0.2, 0) is 9.59 Å². The van der Waals surface area contributed by atoms with Crippen LogP contribution in [0, 0.1) is 17.3 Å². The van der Waals surface area contributed by atoms with Gasteiger partial charge in [0.05, 0.1) is 12.6 Å². The van der Waals surface area contributed by atoms with Crippen molar-refractivity contribution in [3.8, 4) is 0 Å². The molecule has 0 unspecified atom stereocenters. The number of nitrogens with two attached hydrogens (primary N) is 1. The summed E-state index contributed by atoms with van der Waals surface area (Å²) in [5.41, 5.74) is 5.37. The Morgan fingerprint density at radius 1 is 1.15 bits per heavy atom. The minimum Gasteiger partial charge on any atom is -0.392 e. The summed E-state index contributed by atoms with van der Waals surface area (Å²) in [5, 5.41) is 11.1. The number of rotatable bonds is 3. The van der Waals surface area contributed by atoms with Crippen molar-refractivity contribution in [3.05, 3.63) is 0 Å². The van der Waals surface area contributed by atoms with Gasteiger partial charge in [-0.05, 0) is 52.2 Å². The molecule has 3 saturated heterocycles. The third-order valence-corrected chi connectivity index (χ3v) is 8.02. The Balaban J connectivity index is 1.42. The lowest BCUT2D eigenvalue weighted by atomic mass is 9.64. The predicted octanol–water partition coefficient (Wildman–Crippen LogP) is -0.124. The van der Waals surface area contributed by atoms with E-state index < -0.39 is 0 Å². The second-order valence-electron chi connectivity index (χ2n) is 9.58. The van der Waals surface area contributed by atoms with Crippen LogP contribution in [0.1, 0.15) is 39.0 Å². The van der Waals surface area contributed by atoms with Crippen molar-refractivity contribution in [2.75, 3.05) is 39.8 Å². The number of piperidine rings is 1. The van der Waals surface area contributed by atoms with E-state index >= 15 is 0 Å². The summed E-state index contributed by atoms with van der Waals surface area (Å²) < 4.78 is 0. The van der Waals surface area contributed by atoms with Gasteiger partial charge in [-0.25, -0.2) is 0 Å². The van der Waals surface area contributed by atoms with Gasteiger partial charge in [-0.3, -0.25) is 19.4 Å². The molecule has 0 spiro atoms. The number of carbonyl (C=O) groups is 2. The standard InChI is InChI=1S/C20H34N4O3/c1-20-9-15-11-24(10-14(18(20)26)3-4-16(20)22(15)2)17(25)12-23-7-5-13(6-8-23)19(21)27/h13-16,18,26H,3-12H2,1-2H3,(H2,21,27)/t14-,15-,16-,18+,20-/m0/s1. The summed E-state index contributed by atoms with van der Waals surface area (Å²) in [4.78, 5) is 31.0. The molecule has 3 heterocycles. The quantitative estimate of drug-likeness (QED) is 0.714. The molecule has 5 atom stereocenters. The first kappa shape index (κ1) is 19.2. The van der Waals surface area contributed by atoms with Crippen molar-refractivity contribution in [2.45, 2.75) is 57.2 Å². The number of hydrogen-bond donors (Lipinski definition) is 2. The monoisotopic (exact) mass is 378 g/mol. The van der Waals surface area contributed by atoms with Gasteiger partial charge in [0.25, 0.3) is 0 Å². The van der Waals surface area contributed by atoms with Crippen LogP contribution in [0.3, 0.4) is 0 Å². The van der Waals surface area contributed by atoms with Crippen molar-refractivity contribution in [1.29, 1.82) is 0 Å². The fraction of sp³-hybridized carbons (Fsp3) is 0.900. The van der Waals surface area contributed by atoms with Crippen molar-refractivity contribution in [1.82, 2.24) is 14.7 Å². The number of likely N-dealkylation sites (tertiary alicyclic amines) is 3. The van der Waals surface area contributed by atoms with Gasteiger partial charge in [0.1, 0.15) is 0 Å². The Morgan fingerprint density at radius 2 is 1.85 bits per heavy atom. The molecule has 3 N–H and O–H groups in total. The van der Waals surface area contributed by atoms with Crippen molar-refractivity contribution in [3.63, 3.8) is 0 Å². The summed E-state index contributed by atoms with van der Waals surface area (Å²) in [6.45, 7) is 5.59. The van der Waals surface area contributed by atoms with E-state index in [4.69, 9.17) is 5.73 Å². The molecular weight excluding hydrogens is 344 g/mol. The molecule has 0 radical (unpaired) electrons. The molecule has 1 aliphatic carbocycles. The number of fused-ring (bicyclic) bond motifs is 2. The highest BCUT2D eigenvalue weighted by molar-refractivity contribution is 5.79. The summed E-state index contributed by atoms with van der Waals surface area (Å²) in [7, 11) is 2.16. The number of carbonyl (C=O) groups excluding carboxylic acids is 2. The Kier molecular flexibility index (Phi) is 4.97. The first-order chi connectivity index (χ1) is 12.8. The average molecular weight is 379 g/mol. The number of aliphatic hydroxyl groups excluding tert-OH is 1. The van der Waals surface area contributed by atoms with Crippen molar-refractivity contribution < 1.29 is 14.7 Å². The molecule has 4 rings (SSSR count). The molecule has 4 fully saturated rings. The van der Waals surface area contributed by atoms with Crippen LogP contribution in [-0.4, -0.2) is 89.6 Å². The maximum absolute atomic E-state index is 13.1. The summed E-state index contributed by atoms with van der Waals surface area (Å²) in [6, 6.07) is 0.759. The van der Waals surface area contributed by atoms with Gasteiger partial charge in [0, 0.05) is 42.4 Å². The number of hydrogen-bond acceptors (Lipinski definition) is 5. The van der Waals surface area contributed by atoms with E-state index in [-0.39, 0.29) is 35.2 Å². The first-order valence-corrected chi connectivity index (χ1v) is 10.5. The summed E-state index contributed by atoms with van der Waals surface area (Å²) in [5.74, 6) is 0.0746. The van der Waals surface area contributed by atoms with Crippen molar-refractivity contribution >= 4 is 11.8 Å². The highest BCUT2D eigenvalue weighted by Gasteiger charge is 2.57. The lowest BCUT2D eigenvalue weighted by molar-refractivity contribution is -0.137. The Bertz CT molecular complexity index is 604. The fourth-order valence-corrected chi connectivity index (χ4v) is 6.29. The number of primary amides is 1. The zero-order chi connectivity index (χ0) is 19.3. The fourth-order valence-electron chi connectivity index (χ4n) is 6.29. The Hall–Kier alpha value is -1.18. The van der Waals surface area contributed by atoms with Gasteiger partial charge in [-0.1, -0.05) is 6.92 Å². The average Bonchev–Trinajstić information content (AvgIpc) is 2.92. The molecule has 1 saturated carbocycles. The Labute approximate surface area is 161 Å². The smallest absolute Gasteiger partial charge is 0.236 e. The Morgan fingerprint density at radius 3 is 2.52 bits per heavy atom. The molecule has 2 amide bonds. The van der Waals surface area contributed by atoms with Gasteiger partial charge in [0.15, 0.2) is 0 Å². The molecule has 0 aromatic heterocycles. The number of aliphatic hydroxyl groups is 1. The minimum absolute atomic E-state index is 0.0336. The van der Waals surface area contributed by atoms with E-state index in [1.165, 1.54) is 0 Å². The highest BCUT2D eigenvalue weighted by Crippen LogP contribution is 2.51. The van der Waals surface area contributed by atoms with Gasteiger partial charge in [0.2, 0.25) is 11.8 Å². The molecule has 152 valence electrons. The normalized spacial score (nSPS) is 40.8. The zero-order valence-corrected chi connectivity index (χ0v) is 16.6. The molecule has 3 aliphatic heterocycles. The van der Waals surface area contributed by atoms with Gasteiger partial charge >= 0.3 is 0 Å². The number of nitrogens with zero attached hydrogens (tertiary/aromatic N) is 3. The van der Waals surface area contributed by atoms with E-state index in [0.717, 1.165) is 51.7 Å². The largest absolute Gasteiger partial charge is 0.392 e. The third-order valence-electron chi connectivity index (χ3n) is 8.02. The van der Waals surface area contributed by atoms with E-state index in [2.05, 4.69) is 23.8 Å². The predicted molar refractivity (Wildman–Crippen MR) is 102 cm³/mol. The molecular formula is C20H34N4O3. The number of amides is 2. The molecule has 0 aromatic carbocycles. The second-order valence-corrected chi connectivity index (χ2v) is 9.58. The van der Waals surface area contributed by atoms with Crippen LogP contribution in [0.5, 0.6) is 0 Å². The minimum atomic E-state index is -0.328. The number of likely N-dealkylation sites (N-methyl/N-ethyl adjacent to an activating group) is 1. The van der Waals surface area contributed by atoms with Crippen molar-refractivity contribution in [2.24, 2.45) is 23.0 Å². The molecule has 7 heteroatoms. The van der Waals surface area contributed by atoms with E-state index in [1.807, 2.05) is 4.90 Å². The molecule has 4 aliphatic rings. The lowest BCUT2D eigenvalue weighted by Crippen LogP contribution is -2.54. The van der Waals surface area contributed by atoms with E-state index in [9.17, 15) is 14.7 Å². The molecule has 7 nitrogen and oxygen atoms in total. The summed E-state index contributed by atoms with van der Waals surface area (Å²) in [6.07, 6.45) is 4.25. The topological polar surface area (TPSA) is 90.1 Å². The van der Waals surface area contributed by atoms with Gasteiger partial charge < -0.3 is 15.7 Å². The van der Waals surface area contributed by atoms with Crippen LogP contribution in [0.15, 0.2) is 0 Å². The zero-order valence-electron chi connectivity index (χ0n) is 16.6. The highest BCUT2D eigenvalue weighted by atomic mass is 16.3.